The highest BCUT2D eigenvalue weighted by Crippen LogP contribution is 2.35. The summed E-state index contributed by atoms with van der Waals surface area (Å²) in [6.45, 7) is 0. The summed E-state index contributed by atoms with van der Waals surface area (Å²) < 4.78 is -0.865. The number of aliphatic imine (C=N–C) groups is 2. The second kappa shape index (κ2) is 5.54. The molecule has 0 fully saturated rings. The van der Waals surface area contributed by atoms with E-state index in [1.54, 1.807) is 18.2 Å². The number of nitrogens with zero attached hydrogens (tertiary/aromatic N) is 3. The Morgan fingerprint density at radius 3 is 2.08 bits per heavy atom. The molecule has 1 aromatic heterocycles. The van der Waals surface area contributed by atoms with Gasteiger partial charge in [-0.1, -0.05) is 0 Å². The zero-order valence-corrected chi connectivity index (χ0v) is 14.5. The van der Waals surface area contributed by atoms with Crippen molar-refractivity contribution in [2.24, 2.45) is 9.98 Å². The Morgan fingerprint density at radius 2 is 1.35 bits per heavy atom. The first-order valence-corrected chi connectivity index (χ1v) is 8.58. The van der Waals surface area contributed by atoms with E-state index in [1.165, 1.54) is 0 Å². The molecule has 1 N–H and O–H groups in total. The molecule has 1 atom stereocenters. The number of aromatic amines is 1. The Morgan fingerprint density at radius 1 is 0.769 bits per heavy atom. The van der Waals surface area contributed by atoms with Crippen molar-refractivity contribution in [2.45, 2.75) is 0 Å². The van der Waals surface area contributed by atoms with Crippen molar-refractivity contribution in [3.8, 4) is 0 Å². The molecule has 1 aromatic rings. The molecule has 0 aromatic carbocycles. The maximum absolute atomic E-state index is 13.0. The molecule has 5 heterocycles. The second-order valence-electron chi connectivity index (χ2n) is 6.30. The first-order valence-electron chi connectivity index (χ1n) is 8.18. The van der Waals surface area contributed by atoms with Crippen molar-refractivity contribution >= 4 is 36.4 Å². The summed E-state index contributed by atoms with van der Waals surface area (Å²) in [4.78, 5) is 12.4. The number of nitrogens with one attached hydrogen (secondary N) is 1. The van der Waals surface area contributed by atoms with Gasteiger partial charge in [-0.25, -0.2) is 14.0 Å². The van der Waals surface area contributed by atoms with E-state index in [1.807, 2.05) is 54.7 Å². The third kappa shape index (κ3) is 2.61. The minimum absolute atomic E-state index is 0.517. The number of H-pyrrole nitrogens is 1. The Kier molecular flexibility index (Phi) is 3.27. The van der Waals surface area contributed by atoms with Crippen molar-refractivity contribution < 1.29 is 4.05 Å². The zero-order valence-electron chi connectivity index (χ0n) is 13.6. The van der Waals surface area contributed by atoms with Crippen LogP contribution in [0.1, 0.15) is 0 Å². The van der Waals surface area contributed by atoms with Crippen molar-refractivity contribution in [3.63, 3.8) is 0 Å². The number of fused-ring (bicyclic) bond motifs is 6. The summed E-state index contributed by atoms with van der Waals surface area (Å²) in [5.41, 5.74) is 4.28. The molecule has 0 amide bonds. The van der Waals surface area contributed by atoms with E-state index in [4.69, 9.17) is 0 Å². The smallest absolute Gasteiger partial charge is 0.151 e. The molecule has 0 radical (unpaired) electrons. The Balaban J connectivity index is 1.71. The predicted molar refractivity (Wildman–Crippen MR) is 107 cm³/mol. The van der Waals surface area contributed by atoms with E-state index in [0.29, 0.717) is 11.4 Å². The van der Waals surface area contributed by atoms with E-state index in [2.05, 4.69) is 27.8 Å². The van der Waals surface area contributed by atoms with Gasteiger partial charge in [-0.2, -0.15) is 0 Å². The molecule has 0 saturated heterocycles. The van der Waals surface area contributed by atoms with Crippen LogP contribution in [0.25, 0.3) is 12.2 Å². The summed E-state index contributed by atoms with van der Waals surface area (Å²) in [5, 5.41) is 14.8. The Bertz CT molecular complexity index is 1200. The summed E-state index contributed by atoms with van der Waals surface area (Å²) in [6, 6.07) is 3.89. The fourth-order valence-electron chi connectivity index (χ4n) is 3.12. The molecular formula is C20H14N4OS. The number of thiol groups is 1. The van der Waals surface area contributed by atoms with Gasteiger partial charge in [0.1, 0.15) is 0 Å². The number of allylic oxidation sites excluding steroid dienone is 9. The van der Waals surface area contributed by atoms with Gasteiger partial charge in [0.05, 0.1) is 35.6 Å². The van der Waals surface area contributed by atoms with E-state index >= 15 is 0 Å². The summed E-state index contributed by atoms with van der Waals surface area (Å²) in [7, 11) is 0. The fraction of sp³-hybridized carbons (Fsp3) is 0. The molecule has 4 aliphatic heterocycles. The number of aromatic nitrogens is 1. The highest BCUT2D eigenvalue weighted by atomic mass is 32.1. The van der Waals surface area contributed by atoms with Gasteiger partial charge in [-0.15, -0.1) is 0 Å². The summed E-state index contributed by atoms with van der Waals surface area (Å²) in [6.07, 6.45) is 18.7. The molecule has 4 aliphatic rings. The van der Waals surface area contributed by atoms with E-state index < -0.39 is 4.05 Å². The van der Waals surface area contributed by atoms with Crippen LogP contribution in [0.3, 0.4) is 0 Å². The van der Waals surface area contributed by atoms with Crippen LogP contribution in [0.15, 0.2) is 93.5 Å². The average molecular weight is 358 g/mol. The highest BCUT2D eigenvalue weighted by molar-refractivity contribution is 7.74. The van der Waals surface area contributed by atoms with Crippen molar-refractivity contribution in [2.75, 3.05) is 0 Å². The van der Waals surface area contributed by atoms with Crippen LogP contribution < -0.4 is 10.7 Å². The molecule has 1 unspecified atom stereocenters. The maximum Gasteiger partial charge on any atom is 0.151 e. The lowest BCUT2D eigenvalue weighted by Crippen LogP contribution is -2.26. The number of hydrogen-bond acceptors (Lipinski definition) is 4. The van der Waals surface area contributed by atoms with Crippen LogP contribution >= 0.6 is 12.8 Å². The molecule has 5 nitrogen and oxygen atoms in total. The first-order chi connectivity index (χ1) is 12.6. The molecular weight excluding hydrogens is 344 g/mol. The van der Waals surface area contributed by atoms with Gasteiger partial charge >= 0.3 is 0 Å². The largest absolute Gasteiger partial charge is 0.610 e. The quantitative estimate of drug-likeness (QED) is 0.417. The zero-order chi connectivity index (χ0) is 17.7. The number of rotatable bonds is 0. The normalized spacial score (nSPS) is 25.6. The lowest BCUT2D eigenvalue weighted by atomic mass is 10.3. The van der Waals surface area contributed by atoms with Crippen LogP contribution in [-0.2, 0) is 0 Å². The van der Waals surface area contributed by atoms with Crippen LogP contribution in [0.5, 0.6) is 0 Å². The van der Waals surface area contributed by atoms with Crippen molar-refractivity contribution in [3.05, 3.63) is 99.4 Å². The summed E-state index contributed by atoms with van der Waals surface area (Å²) in [5.74, 6) is 0. The van der Waals surface area contributed by atoms with Gasteiger partial charge in [-0.3, -0.25) is 0 Å². The van der Waals surface area contributed by atoms with Crippen molar-refractivity contribution in [1.29, 1.82) is 0 Å². The van der Waals surface area contributed by atoms with E-state index in [9.17, 15) is 5.21 Å². The van der Waals surface area contributed by atoms with Gasteiger partial charge in [0.15, 0.2) is 11.4 Å². The fourth-order valence-corrected chi connectivity index (χ4v) is 3.37. The van der Waals surface area contributed by atoms with Crippen molar-refractivity contribution in [1.82, 2.24) is 4.98 Å². The molecule has 6 heteroatoms. The monoisotopic (exact) mass is 358 g/mol. The molecule has 8 bridgehead atoms. The first kappa shape index (κ1) is 15.3. The van der Waals surface area contributed by atoms with Crippen LogP contribution in [0.2, 0.25) is 0 Å². The topological polar surface area (TPSA) is 63.6 Å². The molecule has 0 aliphatic carbocycles. The van der Waals surface area contributed by atoms with Gasteiger partial charge in [0.2, 0.25) is 0 Å². The van der Waals surface area contributed by atoms with E-state index in [-0.39, 0.29) is 0 Å². The standard InChI is InChI=1S/C20H14N4OS/c25-24(26)19-7-8-20(24)12-18-6-4-16(23-18)10-14-2-1-13(21-14)9-15-3-5-17(11-19)22-15/h1-12,22,26H. The minimum atomic E-state index is -0.865. The van der Waals surface area contributed by atoms with Gasteiger partial charge in [0, 0.05) is 35.0 Å². The Labute approximate surface area is 155 Å². The Hall–Kier alpha value is -2.93. The molecule has 5 rings (SSSR count). The number of quaternary nitrogens is 1. The van der Waals surface area contributed by atoms with Gasteiger partial charge in [-0.05, 0) is 48.6 Å². The molecule has 0 saturated carbocycles. The van der Waals surface area contributed by atoms with Gasteiger partial charge in [0.25, 0.3) is 0 Å². The van der Waals surface area contributed by atoms with E-state index in [0.717, 1.165) is 33.5 Å². The molecule has 0 spiro atoms. The van der Waals surface area contributed by atoms with Crippen LogP contribution in [0, 0.1) is 5.21 Å². The SMILES string of the molecule is [O-][N+]1(S)C2=CC=C1C=c1ccc([nH]1)=CC1=NC(=CC3=NC(=C2)C=C3)C=C1. The second-order valence-corrected chi connectivity index (χ2v) is 6.86. The average Bonchev–Trinajstić information content (AvgIpc) is 3.35. The number of hydroxylamine groups is 2. The molecule has 26 heavy (non-hydrogen) atoms. The predicted octanol–water partition coefficient (Wildman–Crippen LogP) is 2.32. The minimum Gasteiger partial charge on any atom is -0.610 e. The third-order valence-electron chi connectivity index (χ3n) is 4.42. The van der Waals surface area contributed by atoms with Crippen LogP contribution in [0.4, 0.5) is 0 Å². The number of hydrogen-bond donors (Lipinski definition) is 2. The lowest BCUT2D eigenvalue weighted by Gasteiger charge is -2.33. The molecule has 126 valence electrons. The van der Waals surface area contributed by atoms with Crippen LogP contribution in [-0.4, -0.2) is 20.5 Å². The third-order valence-corrected chi connectivity index (χ3v) is 4.88. The highest BCUT2D eigenvalue weighted by Gasteiger charge is 2.28. The van der Waals surface area contributed by atoms with Gasteiger partial charge < -0.3 is 10.2 Å². The summed E-state index contributed by atoms with van der Waals surface area (Å²) >= 11 is 4.32. The maximum atomic E-state index is 13.0. The lowest BCUT2D eigenvalue weighted by molar-refractivity contribution is -0.634.